The maximum absolute atomic E-state index is 10.1. The Morgan fingerprint density at radius 2 is 1.77 bits per heavy atom. The molecule has 2 N–H and O–H groups in total. The molecule has 1 aromatic carbocycles. The first-order chi connectivity index (χ1) is 5.68. The van der Waals surface area contributed by atoms with Gasteiger partial charge in [-0.1, -0.05) is 12.1 Å². The summed E-state index contributed by atoms with van der Waals surface area (Å²) in [6.07, 6.45) is 2.51. The largest absolute Gasteiger partial charge is 0.508 e. The molecule has 1 aromatic rings. The maximum Gasteiger partial charge on any atom is 0.328 e. The molecular formula is C9H8CeO3. The molecule has 0 aliphatic rings. The summed E-state index contributed by atoms with van der Waals surface area (Å²) in [5.41, 5.74) is 0.746. The Morgan fingerprint density at radius 1 is 1.23 bits per heavy atom. The Kier molecular flexibility index (Phi) is 5.93. The minimum absolute atomic E-state index is 0. The number of hydrogen-bond donors (Lipinski definition) is 2. The third-order valence-electron chi connectivity index (χ3n) is 1.31. The SMILES string of the molecule is O=C(O)C=Cc1ccc(O)cc1.[Ce]. The van der Waals surface area contributed by atoms with Gasteiger partial charge in [0.1, 0.15) is 5.75 Å². The van der Waals surface area contributed by atoms with Gasteiger partial charge in [0.25, 0.3) is 0 Å². The van der Waals surface area contributed by atoms with Crippen LogP contribution in [0.3, 0.4) is 0 Å². The van der Waals surface area contributed by atoms with E-state index in [0.29, 0.717) is 0 Å². The van der Waals surface area contributed by atoms with E-state index in [4.69, 9.17) is 10.2 Å². The molecule has 1 rings (SSSR count). The molecule has 0 amide bonds. The van der Waals surface area contributed by atoms with Crippen LogP contribution in [-0.4, -0.2) is 16.2 Å². The zero-order valence-electron chi connectivity index (χ0n) is 6.77. The predicted molar refractivity (Wildman–Crippen MR) is 44.8 cm³/mol. The van der Waals surface area contributed by atoms with E-state index >= 15 is 0 Å². The van der Waals surface area contributed by atoms with Crippen molar-refractivity contribution in [1.82, 2.24) is 0 Å². The molecule has 0 saturated heterocycles. The van der Waals surface area contributed by atoms with Gasteiger partial charge in [0.05, 0.1) is 0 Å². The van der Waals surface area contributed by atoms with E-state index in [0.717, 1.165) is 11.6 Å². The molecule has 66 valence electrons. The fourth-order valence-electron chi connectivity index (χ4n) is 0.753. The van der Waals surface area contributed by atoms with E-state index in [1.807, 2.05) is 0 Å². The summed E-state index contributed by atoms with van der Waals surface area (Å²) >= 11 is 0. The molecule has 0 fully saturated rings. The van der Waals surface area contributed by atoms with E-state index in [9.17, 15) is 4.79 Å². The number of aromatic hydroxyl groups is 1. The van der Waals surface area contributed by atoms with Crippen molar-refractivity contribution in [1.29, 1.82) is 0 Å². The van der Waals surface area contributed by atoms with Gasteiger partial charge in [-0.15, -0.1) is 0 Å². The summed E-state index contributed by atoms with van der Waals surface area (Å²) in [5, 5.41) is 17.2. The molecule has 0 heterocycles. The minimum atomic E-state index is -0.983. The molecule has 13 heavy (non-hydrogen) atoms. The van der Waals surface area contributed by atoms with Gasteiger partial charge in [0.2, 0.25) is 0 Å². The maximum atomic E-state index is 10.1. The third kappa shape index (κ3) is 5.02. The smallest absolute Gasteiger partial charge is 0.328 e. The van der Waals surface area contributed by atoms with Crippen LogP contribution in [0.4, 0.5) is 0 Å². The van der Waals surface area contributed by atoms with Crippen molar-refractivity contribution >= 4 is 12.0 Å². The molecule has 0 atom stereocenters. The summed E-state index contributed by atoms with van der Waals surface area (Å²) in [5.74, 6) is -0.814. The molecule has 4 heteroatoms. The summed E-state index contributed by atoms with van der Waals surface area (Å²) in [4.78, 5) is 10.1. The molecule has 0 aromatic heterocycles. The van der Waals surface area contributed by atoms with Crippen LogP contribution in [0.15, 0.2) is 30.3 Å². The van der Waals surface area contributed by atoms with E-state index < -0.39 is 5.97 Å². The molecular weight excluding hydrogens is 296 g/mol. The molecule has 0 radical (unpaired) electrons. The second-order valence-corrected chi connectivity index (χ2v) is 2.26. The molecule has 0 unspecified atom stereocenters. The number of carboxylic acids is 1. The minimum Gasteiger partial charge on any atom is -0.508 e. The summed E-state index contributed by atoms with van der Waals surface area (Å²) in [6.45, 7) is 0. The topological polar surface area (TPSA) is 57.5 Å². The standard InChI is InChI=1S/C9H8O3.Ce/c10-8-4-1-7(2-5-8)3-6-9(11)12;/h1-6,10H,(H,11,12);. The van der Waals surface area contributed by atoms with E-state index in [-0.39, 0.29) is 47.5 Å². The van der Waals surface area contributed by atoms with Gasteiger partial charge in [0, 0.05) is 47.8 Å². The van der Waals surface area contributed by atoms with Gasteiger partial charge >= 0.3 is 5.97 Å². The van der Waals surface area contributed by atoms with Crippen molar-refractivity contribution in [3.63, 3.8) is 0 Å². The van der Waals surface area contributed by atoms with Crippen molar-refractivity contribution in [2.75, 3.05) is 0 Å². The molecule has 0 aliphatic carbocycles. The fraction of sp³-hybridized carbons (Fsp3) is 0. The Bertz CT molecular complexity index is 303. The van der Waals surface area contributed by atoms with Crippen molar-refractivity contribution in [3.8, 4) is 5.75 Å². The van der Waals surface area contributed by atoms with Gasteiger partial charge in [-0.05, 0) is 23.8 Å². The third-order valence-corrected chi connectivity index (χ3v) is 1.31. The van der Waals surface area contributed by atoms with Crippen molar-refractivity contribution in [2.45, 2.75) is 0 Å². The van der Waals surface area contributed by atoms with Crippen LogP contribution >= 0.6 is 0 Å². The van der Waals surface area contributed by atoms with Crippen LogP contribution in [-0.2, 0) is 4.79 Å². The van der Waals surface area contributed by atoms with Gasteiger partial charge < -0.3 is 10.2 Å². The Labute approximate surface area is 109 Å². The van der Waals surface area contributed by atoms with Gasteiger partial charge in [-0.3, -0.25) is 0 Å². The number of benzene rings is 1. The number of phenolic OH excluding ortho intramolecular Hbond substituents is 1. The monoisotopic (exact) mass is 304 g/mol. The van der Waals surface area contributed by atoms with Crippen molar-refractivity contribution in [2.24, 2.45) is 0 Å². The van der Waals surface area contributed by atoms with E-state index in [1.165, 1.54) is 18.2 Å². The van der Waals surface area contributed by atoms with Crippen LogP contribution in [0, 0.1) is 41.7 Å². The molecule has 0 bridgehead atoms. The summed E-state index contributed by atoms with van der Waals surface area (Å²) < 4.78 is 0. The number of phenols is 1. The number of carboxylic acid groups (broad SMARTS) is 1. The van der Waals surface area contributed by atoms with Crippen LogP contribution in [0.1, 0.15) is 5.56 Å². The number of rotatable bonds is 2. The van der Waals surface area contributed by atoms with Gasteiger partial charge in [-0.25, -0.2) is 4.79 Å². The Morgan fingerprint density at radius 3 is 2.23 bits per heavy atom. The van der Waals surface area contributed by atoms with Crippen LogP contribution in [0.25, 0.3) is 6.08 Å². The van der Waals surface area contributed by atoms with Crippen LogP contribution in [0.2, 0.25) is 0 Å². The predicted octanol–water partition coefficient (Wildman–Crippen LogP) is 1.49. The van der Waals surface area contributed by atoms with E-state index in [2.05, 4.69) is 0 Å². The average molecular weight is 304 g/mol. The van der Waals surface area contributed by atoms with E-state index in [1.54, 1.807) is 12.1 Å². The van der Waals surface area contributed by atoms with Gasteiger partial charge in [0.15, 0.2) is 0 Å². The second-order valence-electron chi connectivity index (χ2n) is 2.26. The molecule has 0 saturated carbocycles. The average Bonchev–Trinajstić information content (AvgIpc) is 2.03. The van der Waals surface area contributed by atoms with Gasteiger partial charge in [-0.2, -0.15) is 0 Å². The van der Waals surface area contributed by atoms with Crippen LogP contribution < -0.4 is 0 Å². The zero-order chi connectivity index (χ0) is 8.97. The molecule has 0 spiro atoms. The van der Waals surface area contributed by atoms with Crippen molar-refractivity contribution < 1.29 is 56.8 Å². The zero-order valence-corrected chi connectivity index (χ0v) is 9.91. The fourth-order valence-corrected chi connectivity index (χ4v) is 0.753. The Balaban J connectivity index is 0.00000144. The first kappa shape index (κ1) is 12.6. The summed E-state index contributed by atoms with van der Waals surface area (Å²) in [7, 11) is 0. The Hall–Kier alpha value is -0.393. The summed E-state index contributed by atoms with van der Waals surface area (Å²) in [6, 6.07) is 6.27. The van der Waals surface area contributed by atoms with Crippen LogP contribution in [0.5, 0.6) is 5.75 Å². The first-order valence-corrected chi connectivity index (χ1v) is 3.38. The molecule has 3 nitrogen and oxygen atoms in total. The number of aliphatic carboxylic acids is 1. The second kappa shape index (κ2) is 6.12. The quantitative estimate of drug-likeness (QED) is 0.814. The number of hydrogen-bond acceptors (Lipinski definition) is 2. The van der Waals surface area contributed by atoms with Crippen molar-refractivity contribution in [3.05, 3.63) is 35.9 Å². The molecule has 0 aliphatic heterocycles. The normalized spacial score (nSPS) is 9.54. The first-order valence-electron chi connectivity index (χ1n) is 3.38. The number of carbonyl (C=O) groups is 1.